The normalized spacial score (nSPS) is 19.3. The molecule has 2 aromatic heterocycles. The lowest BCUT2D eigenvalue weighted by atomic mass is 9.98. The van der Waals surface area contributed by atoms with Crippen LogP contribution in [-0.2, 0) is 11.8 Å². The number of carboxylic acids is 1. The monoisotopic (exact) mass is 342 g/mol. The quantitative estimate of drug-likeness (QED) is 0.872. The topological polar surface area (TPSA) is 58.6 Å². The Labute approximate surface area is 148 Å². The number of likely N-dealkylation sites (tertiary alicyclic amines) is 1. The first-order chi connectivity index (χ1) is 12.1. The highest BCUT2D eigenvalue weighted by molar-refractivity contribution is 5.77. The fourth-order valence-corrected chi connectivity index (χ4v) is 3.55. The van der Waals surface area contributed by atoms with Gasteiger partial charge in [-0.1, -0.05) is 6.08 Å². The first-order valence-electron chi connectivity index (χ1n) is 8.87. The number of carboxylic acid groups (broad SMARTS) is 1. The minimum atomic E-state index is -0.670. The minimum Gasteiger partial charge on any atom is -0.481 e. The molecule has 1 fully saturated rings. The van der Waals surface area contributed by atoms with Gasteiger partial charge in [0.2, 0.25) is 0 Å². The molecule has 1 aliphatic heterocycles. The van der Waals surface area contributed by atoms with Crippen LogP contribution in [0.3, 0.4) is 0 Å². The van der Waals surface area contributed by atoms with Crippen LogP contribution in [0.1, 0.15) is 36.3 Å². The molecule has 0 spiro atoms. The Kier molecular flexibility index (Phi) is 5.43. The SMILES string of the molecule is Cc1ccoc1/C(=C/CCN1CCCC(C(=O)O)C1)c1cccn1C. The van der Waals surface area contributed by atoms with Gasteiger partial charge in [-0.25, -0.2) is 0 Å². The average molecular weight is 342 g/mol. The molecule has 5 nitrogen and oxygen atoms in total. The summed E-state index contributed by atoms with van der Waals surface area (Å²) in [5.41, 5.74) is 3.35. The van der Waals surface area contributed by atoms with Gasteiger partial charge in [-0.3, -0.25) is 4.79 Å². The summed E-state index contributed by atoms with van der Waals surface area (Å²) in [7, 11) is 2.03. The predicted octanol–water partition coefficient (Wildman–Crippen LogP) is 3.54. The van der Waals surface area contributed by atoms with Crippen LogP contribution in [0.4, 0.5) is 0 Å². The van der Waals surface area contributed by atoms with Crippen molar-refractivity contribution in [1.29, 1.82) is 0 Å². The highest BCUT2D eigenvalue weighted by atomic mass is 16.4. The van der Waals surface area contributed by atoms with Crippen molar-refractivity contribution < 1.29 is 14.3 Å². The lowest BCUT2D eigenvalue weighted by Gasteiger charge is -2.30. The summed E-state index contributed by atoms with van der Waals surface area (Å²) in [6.45, 7) is 4.56. The molecule has 1 unspecified atom stereocenters. The zero-order valence-electron chi connectivity index (χ0n) is 14.9. The Morgan fingerprint density at radius 3 is 2.92 bits per heavy atom. The number of hydrogen-bond donors (Lipinski definition) is 1. The molecule has 0 aliphatic carbocycles. The third-order valence-electron chi connectivity index (χ3n) is 4.97. The summed E-state index contributed by atoms with van der Waals surface area (Å²) in [6.07, 6.45) is 8.59. The molecule has 2 aromatic rings. The maximum atomic E-state index is 11.2. The first kappa shape index (κ1) is 17.5. The van der Waals surface area contributed by atoms with Crippen LogP contribution >= 0.6 is 0 Å². The van der Waals surface area contributed by atoms with Gasteiger partial charge in [-0.15, -0.1) is 0 Å². The largest absolute Gasteiger partial charge is 0.481 e. The number of hydrogen-bond acceptors (Lipinski definition) is 3. The summed E-state index contributed by atoms with van der Waals surface area (Å²) in [5.74, 6) is 0.0113. The van der Waals surface area contributed by atoms with Crippen LogP contribution in [0.25, 0.3) is 5.57 Å². The molecule has 1 aliphatic rings. The van der Waals surface area contributed by atoms with E-state index >= 15 is 0 Å². The van der Waals surface area contributed by atoms with Gasteiger partial charge in [-0.05, 0) is 56.5 Å². The van der Waals surface area contributed by atoms with E-state index < -0.39 is 5.97 Å². The Balaban J connectivity index is 1.73. The zero-order valence-corrected chi connectivity index (χ0v) is 14.9. The summed E-state index contributed by atoms with van der Waals surface area (Å²) in [5, 5.41) is 9.23. The zero-order chi connectivity index (χ0) is 17.8. The predicted molar refractivity (Wildman–Crippen MR) is 97.4 cm³/mol. The Morgan fingerprint density at radius 1 is 1.44 bits per heavy atom. The van der Waals surface area contributed by atoms with E-state index in [9.17, 15) is 9.90 Å². The van der Waals surface area contributed by atoms with Crippen molar-refractivity contribution in [3.05, 3.63) is 53.8 Å². The van der Waals surface area contributed by atoms with Crippen LogP contribution in [0.5, 0.6) is 0 Å². The van der Waals surface area contributed by atoms with Crippen molar-refractivity contribution in [3.8, 4) is 0 Å². The molecule has 3 heterocycles. The fraction of sp³-hybridized carbons (Fsp3) is 0.450. The molecule has 0 radical (unpaired) electrons. The molecule has 25 heavy (non-hydrogen) atoms. The average Bonchev–Trinajstić information content (AvgIpc) is 3.21. The Bertz CT molecular complexity index is 714. The molecule has 1 N–H and O–H groups in total. The number of piperidine rings is 1. The highest BCUT2D eigenvalue weighted by Crippen LogP contribution is 2.27. The van der Waals surface area contributed by atoms with E-state index in [1.165, 1.54) is 0 Å². The van der Waals surface area contributed by atoms with E-state index in [2.05, 4.69) is 28.5 Å². The third-order valence-corrected chi connectivity index (χ3v) is 4.97. The molecule has 3 rings (SSSR count). The van der Waals surface area contributed by atoms with Gasteiger partial charge in [0.05, 0.1) is 17.9 Å². The van der Waals surface area contributed by atoms with Crippen LogP contribution in [0, 0.1) is 12.8 Å². The molecule has 1 atom stereocenters. The second kappa shape index (κ2) is 7.74. The van der Waals surface area contributed by atoms with E-state index in [1.807, 2.05) is 25.4 Å². The summed E-state index contributed by atoms with van der Waals surface area (Å²) in [6, 6.07) is 6.10. The van der Waals surface area contributed by atoms with E-state index in [-0.39, 0.29) is 5.92 Å². The van der Waals surface area contributed by atoms with E-state index in [1.54, 1.807) is 6.26 Å². The number of carbonyl (C=O) groups is 1. The van der Waals surface area contributed by atoms with Crippen LogP contribution in [0.15, 0.2) is 41.2 Å². The molecular formula is C20H26N2O3. The molecule has 0 saturated carbocycles. The van der Waals surface area contributed by atoms with E-state index in [0.717, 1.165) is 54.9 Å². The number of aryl methyl sites for hydroxylation is 2. The van der Waals surface area contributed by atoms with Gasteiger partial charge in [0.25, 0.3) is 0 Å². The van der Waals surface area contributed by atoms with Gasteiger partial charge in [-0.2, -0.15) is 0 Å². The number of rotatable bonds is 6. The molecule has 134 valence electrons. The van der Waals surface area contributed by atoms with Gasteiger partial charge in [0.1, 0.15) is 5.76 Å². The number of nitrogens with zero attached hydrogens (tertiary/aromatic N) is 2. The Hall–Kier alpha value is -2.27. The van der Waals surface area contributed by atoms with Crippen LogP contribution in [0.2, 0.25) is 0 Å². The minimum absolute atomic E-state index is 0.225. The van der Waals surface area contributed by atoms with Crippen molar-refractivity contribution in [3.63, 3.8) is 0 Å². The summed E-state index contributed by atoms with van der Waals surface area (Å²) < 4.78 is 7.82. The van der Waals surface area contributed by atoms with Gasteiger partial charge in [0.15, 0.2) is 0 Å². The first-order valence-corrected chi connectivity index (χ1v) is 8.87. The van der Waals surface area contributed by atoms with Gasteiger partial charge < -0.3 is 19.0 Å². The maximum absolute atomic E-state index is 11.2. The van der Waals surface area contributed by atoms with Crippen molar-refractivity contribution in [1.82, 2.24) is 9.47 Å². The molecule has 5 heteroatoms. The highest BCUT2D eigenvalue weighted by Gasteiger charge is 2.24. The van der Waals surface area contributed by atoms with Crippen molar-refractivity contribution in [2.24, 2.45) is 13.0 Å². The summed E-state index contributed by atoms with van der Waals surface area (Å²) >= 11 is 0. The molecule has 0 aromatic carbocycles. The molecule has 1 saturated heterocycles. The number of aliphatic carboxylic acids is 1. The fourth-order valence-electron chi connectivity index (χ4n) is 3.55. The van der Waals surface area contributed by atoms with E-state index in [0.29, 0.717) is 6.54 Å². The molecular weight excluding hydrogens is 316 g/mol. The second-order valence-electron chi connectivity index (χ2n) is 6.82. The Morgan fingerprint density at radius 2 is 2.28 bits per heavy atom. The van der Waals surface area contributed by atoms with Crippen LogP contribution < -0.4 is 0 Å². The van der Waals surface area contributed by atoms with Crippen molar-refractivity contribution in [2.45, 2.75) is 26.2 Å². The lowest BCUT2D eigenvalue weighted by molar-refractivity contribution is -0.143. The van der Waals surface area contributed by atoms with Gasteiger partial charge >= 0.3 is 5.97 Å². The van der Waals surface area contributed by atoms with Crippen molar-refractivity contribution in [2.75, 3.05) is 19.6 Å². The van der Waals surface area contributed by atoms with Crippen molar-refractivity contribution >= 4 is 11.5 Å². The summed E-state index contributed by atoms with van der Waals surface area (Å²) in [4.78, 5) is 13.5. The second-order valence-corrected chi connectivity index (χ2v) is 6.82. The van der Waals surface area contributed by atoms with Gasteiger partial charge in [0, 0.05) is 31.9 Å². The molecule has 0 amide bonds. The van der Waals surface area contributed by atoms with Crippen LogP contribution in [-0.4, -0.2) is 40.2 Å². The smallest absolute Gasteiger partial charge is 0.307 e. The number of aromatic nitrogens is 1. The van der Waals surface area contributed by atoms with E-state index in [4.69, 9.17) is 4.42 Å². The molecule has 0 bridgehead atoms. The lowest BCUT2D eigenvalue weighted by Crippen LogP contribution is -2.39. The maximum Gasteiger partial charge on any atom is 0.307 e. The number of furan rings is 1. The third kappa shape index (κ3) is 4.04. The standard InChI is InChI=1S/C20H26N2O3/c1-15-9-13-25-19(15)17(18-8-5-10-21(18)2)7-4-12-22-11-3-6-16(14-22)20(23)24/h5,7-10,13,16H,3-4,6,11-12,14H2,1-2H3,(H,23,24)/b17-7+.